The molecule has 0 radical (unpaired) electrons. The van der Waals surface area contributed by atoms with Gasteiger partial charge >= 0.3 is 0 Å². The van der Waals surface area contributed by atoms with Crippen molar-refractivity contribution in [1.29, 1.82) is 0 Å². The summed E-state index contributed by atoms with van der Waals surface area (Å²) in [4.78, 5) is 13.1. The van der Waals surface area contributed by atoms with Gasteiger partial charge in [-0.25, -0.2) is 0 Å². The lowest BCUT2D eigenvalue weighted by Crippen LogP contribution is -2.64. The highest BCUT2D eigenvalue weighted by molar-refractivity contribution is 5.65. The number of aliphatic hydroxyl groups is 3. The van der Waals surface area contributed by atoms with Gasteiger partial charge in [0.2, 0.25) is 0 Å². The molecule has 3 fully saturated rings. The summed E-state index contributed by atoms with van der Waals surface area (Å²) < 4.78 is 0. The first-order valence-corrected chi connectivity index (χ1v) is 13.6. The number of carbonyl (C=O) groups excluding carboxylic acids is 1. The van der Waals surface area contributed by atoms with E-state index in [0.717, 1.165) is 49.7 Å². The Hall–Kier alpha value is -0.970. The van der Waals surface area contributed by atoms with E-state index in [2.05, 4.69) is 34.6 Å². The third kappa shape index (κ3) is 3.53. The molecule has 0 aromatic carbocycles. The number of hydrogen-bond donors (Lipinski definition) is 3. The zero-order valence-corrected chi connectivity index (χ0v) is 22.5. The van der Waals surface area contributed by atoms with Gasteiger partial charge in [-0.05, 0) is 87.4 Å². The summed E-state index contributed by atoms with van der Waals surface area (Å²) in [6.07, 6.45) is 9.84. The summed E-state index contributed by atoms with van der Waals surface area (Å²) in [7, 11) is 0. The number of aldehydes is 1. The van der Waals surface area contributed by atoms with Gasteiger partial charge in [-0.3, -0.25) is 0 Å². The van der Waals surface area contributed by atoms with Crippen LogP contribution in [0.3, 0.4) is 0 Å². The molecule has 0 bridgehead atoms. The number of rotatable bonds is 5. The molecule has 4 aliphatic rings. The van der Waals surface area contributed by atoms with Crippen LogP contribution in [0.25, 0.3) is 0 Å². The monoisotopic (exact) mass is 472 g/mol. The number of aliphatic hydroxyl groups excluding tert-OH is 3. The van der Waals surface area contributed by atoms with Gasteiger partial charge in [0.15, 0.2) is 0 Å². The highest BCUT2D eigenvalue weighted by Crippen LogP contribution is 2.74. The fraction of sp³-hybridized carbons (Fsp3) is 0.833. The van der Waals surface area contributed by atoms with Crippen molar-refractivity contribution in [3.8, 4) is 0 Å². The van der Waals surface area contributed by atoms with Crippen LogP contribution in [0.15, 0.2) is 23.3 Å². The minimum absolute atomic E-state index is 0.0182. The zero-order valence-electron chi connectivity index (χ0n) is 22.5. The molecule has 0 aliphatic heterocycles. The molecule has 0 aromatic heterocycles. The predicted molar refractivity (Wildman–Crippen MR) is 136 cm³/mol. The average molecular weight is 473 g/mol. The first-order valence-electron chi connectivity index (χ1n) is 13.6. The van der Waals surface area contributed by atoms with E-state index in [1.54, 1.807) is 0 Å². The first-order chi connectivity index (χ1) is 15.7. The van der Waals surface area contributed by atoms with Gasteiger partial charge in [0.25, 0.3) is 0 Å². The lowest BCUT2D eigenvalue weighted by Gasteiger charge is -2.66. The van der Waals surface area contributed by atoms with Gasteiger partial charge in [0.05, 0.1) is 18.3 Å². The van der Waals surface area contributed by atoms with E-state index in [1.807, 2.05) is 26.0 Å². The molecule has 1 unspecified atom stereocenters. The van der Waals surface area contributed by atoms with Crippen molar-refractivity contribution in [3.05, 3.63) is 23.3 Å². The SMILES string of the molecule is CC(C)=CC(O)C[C@@H](C)[C@H]1CC[C@@]2(C)[C@@H]3[C@@H](O)C=C4[C@@H](CC[C@H](O)C4(C)C)[C@]3(C=O)CC[C@]12C. The third-order valence-electron chi connectivity index (χ3n) is 11.5. The van der Waals surface area contributed by atoms with Crippen molar-refractivity contribution in [2.75, 3.05) is 0 Å². The van der Waals surface area contributed by atoms with Crippen LogP contribution in [0.1, 0.15) is 93.4 Å². The molecule has 10 atom stereocenters. The Kier molecular flexibility index (Phi) is 6.57. The summed E-state index contributed by atoms with van der Waals surface area (Å²) in [5.74, 6) is 0.839. The van der Waals surface area contributed by atoms with Crippen molar-refractivity contribution < 1.29 is 20.1 Å². The first kappa shape index (κ1) is 26.1. The van der Waals surface area contributed by atoms with E-state index < -0.39 is 29.1 Å². The van der Waals surface area contributed by atoms with E-state index in [1.165, 1.54) is 6.29 Å². The van der Waals surface area contributed by atoms with Crippen LogP contribution in [-0.4, -0.2) is 39.9 Å². The van der Waals surface area contributed by atoms with Gasteiger partial charge in [0.1, 0.15) is 6.29 Å². The number of hydrogen-bond acceptors (Lipinski definition) is 4. The van der Waals surface area contributed by atoms with Gasteiger partial charge in [0, 0.05) is 16.7 Å². The molecular weight excluding hydrogens is 424 g/mol. The van der Waals surface area contributed by atoms with Crippen molar-refractivity contribution in [2.45, 2.75) is 112 Å². The maximum atomic E-state index is 13.1. The topological polar surface area (TPSA) is 77.8 Å². The second-order valence-corrected chi connectivity index (χ2v) is 13.7. The summed E-state index contributed by atoms with van der Waals surface area (Å²) in [5, 5.41) is 33.0. The normalized spacial score (nSPS) is 46.9. The van der Waals surface area contributed by atoms with Gasteiger partial charge in [-0.15, -0.1) is 0 Å². The van der Waals surface area contributed by atoms with Crippen molar-refractivity contribution in [2.24, 2.45) is 45.3 Å². The maximum absolute atomic E-state index is 13.1. The quantitative estimate of drug-likeness (QED) is 0.367. The van der Waals surface area contributed by atoms with E-state index in [4.69, 9.17) is 0 Å². The van der Waals surface area contributed by atoms with Crippen LogP contribution in [-0.2, 0) is 4.79 Å². The van der Waals surface area contributed by atoms with E-state index in [0.29, 0.717) is 18.3 Å². The van der Waals surface area contributed by atoms with Crippen LogP contribution in [0.4, 0.5) is 0 Å². The average Bonchev–Trinajstić information content (AvgIpc) is 3.01. The predicted octanol–water partition coefficient (Wildman–Crippen LogP) is 5.46. The summed E-state index contributed by atoms with van der Waals surface area (Å²) in [5.41, 5.74) is 1.14. The molecule has 4 aliphatic carbocycles. The fourth-order valence-electron chi connectivity index (χ4n) is 9.55. The van der Waals surface area contributed by atoms with Crippen LogP contribution >= 0.6 is 0 Å². The van der Waals surface area contributed by atoms with Crippen molar-refractivity contribution >= 4 is 6.29 Å². The van der Waals surface area contributed by atoms with Gasteiger partial charge in [-0.2, -0.15) is 0 Å². The summed E-state index contributed by atoms with van der Waals surface area (Å²) >= 11 is 0. The second-order valence-electron chi connectivity index (χ2n) is 13.7. The molecule has 0 heterocycles. The molecule has 4 nitrogen and oxygen atoms in total. The molecule has 0 aromatic rings. The van der Waals surface area contributed by atoms with Gasteiger partial charge < -0.3 is 20.1 Å². The zero-order chi connectivity index (χ0) is 25.3. The molecule has 4 heteroatoms. The van der Waals surface area contributed by atoms with Crippen LogP contribution in [0, 0.1) is 45.3 Å². The molecule has 34 heavy (non-hydrogen) atoms. The molecule has 0 saturated heterocycles. The third-order valence-corrected chi connectivity index (χ3v) is 11.5. The molecule has 0 amide bonds. The number of carbonyl (C=O) groups is 1. The Morgan fingerprint density at radius 2 is 1.74 bits per heavy atom. The maximum Gasteiger partial charge on any atom is 0.127 e. The lowest BCUT2D eigenvalue weighted by molar-refractivity contribution is -0.183. The minimum Gasteiger partial charge on any atom is -0.392 e. The van der Waals surface area contributed by atoms with E-state index in [-0.39, 0.29) is 22.7 Å². The number of fused-ring (bicyclic) bond motifs is 5. The fourth-order valence-corrected chi connectivity index (χ4v) is 9.55. The Labute approximate surface area is 206 Å². The Balaban J connectivity index is 1.72. The number of allylic oxidation sites excluding steroid dienone is 1. The standard InChI is InChI=1S/C30H48O4/c1-18(2)14-20(32)15-19(3)21-10-11-29(7)26-24(33)16-23-22(8-9-25(34)27(23,4)5)30(26,17-31)13-12-28(21,29)6/h14,16-17,19-22,24-26,32-34H,8-13,15H2,1-7H3/t19-,20?,21-,22-,24+,25+,26+,28-,29+,30-/m1/s1. The van der Waals surface area contributed by atoms with Crippen molar-refractivity contribution in [1.82, 2.24) is 0 Å². The Morgan fingerprint density at radius 1 is 1.06 bits per heavy atom. The highest BCUT2D eigenvalue weighted by Gasteiger charge is 2.70. The molecular formula is C30H48O4. The van der Waals surface area contributed by atoms with E-state index >= 15 is 0 Å². The summed E-state index contributed by atoms with van der Waals surface area (Å²) in [6, 6.07) is 0. The van der Waals surface area contributed by atoms with Crippen LogP contribution < -0.4 is 0 Å². The highest BCUT2D eigenvalue weighted by atomic mass is 16.3. The smallest absolute Gasteiger partial charge is 0.127 e. The second kappa shape index (κ2) is 8.56. The largest absolute Gasteiger partial charge is 0.392 e. The molecule has 192 valence electrons. The van der Waals surface area contributed by atoms with Crippen molar-refractivity contribution in [3.63, 3.8) is 0 Å². The molecule has 4 rings (SSSR count). The Morgan fingerprint density at radius 3 is 2.35 bits per heavy atom. The van der Waals surface area contributed by atoms with Crippen LogP contribution in [0.2, 0.25) is 0 Å². The molecule has 3 saturated carbocycles. The Bertz CT molecular complexity index is 869. The molecule has 0 spiro atoms. The minimum atomic E-state index is -0.670. The lowest BCUT2D eigenvalue weighted by atomic mass is 9.38. The van der Waals surface area contributed by atoms with E-state index in [9.17, 15) is 20.1 Å². The van der Waals surface area contributed by atoms with Crippen LogP contribution in [0.5, 0.6) is 0 Å². The summed E-state index contributed by atoms with van der Waals surface area (Å²) in [6.45, 7) is 15.2. The molecule has 3 N–H and O–H groups in total. The van der Waals surface area contributed by atoms with Gasteiger partial charge in [-0.1, -0.05) is 57.9 Å².